The highest BCUT2D eigenvalue weighted by molar-refractivity contribution is 7.80. The third-order valence-electron chi connectivity index (χ3n) is 4.31. The van der Waals surface area contributed by atoms with Crippen molar-refractivity contribution in [1.82, 2.24) is 4.90 Å². The van der Waals surface area contributed by atoms with E-state index in [1.54, 1.807) is 19.2 Å². The van der Waals surface area contributed by atoms with Gasteiger partial charge < -0.3 is 24.6 Å². The molecule has 5 nitrogen and oxygen atoms in total. The highest BCUT2D eigenvalue weighted by Gasteiger charge is 2.19. The Kier molecular flexibility index (Phi) is 6.28. The number of halogens is 2. The normalized spacial score (nSPS) is 14.2. The predicted octanol–water partition coefficient (Wildman–Crippen LogP) is 3.82. The molecule has 0 aliphatic carbocycles. The van der Waals surface area contributed by atoms with E-state index in [1.807, 2.05) is 24.3 Å². The Hall–Kier alpha value is -2.61. The lowest BCUT2D eigenvalue weighted by molar-refractivity contribution is -0.0497. The zero-order valence-corrected chi connectivity index (χ0v) is 15.7. The molecule has 0 saturated carbocycles. The zero-order chi connectivity index (χ0) is 19.2. The minimum atomic E-state index is -2.85. The summed E-state index contributed by atoms with van der Waals surface area (Å²) in [5.41, 5.74) is 1.77. The van der Waals surface area contributed by atoms with Gasteiger partial charge in [0.25, 0.3) is 0 Å². The van der Waals surface area contributed by atoms with Crippen LogP contribution >= 0.6 is 12.2 Å². The second kappa shape index (κ2) is 8.85. The van der Waals surface area contributed by atoms with Crippen LogP contribution < -0.4 is 19.7 Å². The highest BCUT2D eigenvalue weighted by Crippen LogP contribution is 2.22. The fraction of sp³-hybridized carbons (Fsp3) is 0.316. The molecule has 0 aromatic heterocycles. The second-order valence-corrected chi connectivity index (χ2v) is 6.40. The fourth-order valence-corrected chi connectivity index (χ4v) is 3.21. The van der Waals surface area contributed by atoms with Crippen LogP contribution in [0.2, 0.25) is 0 Å². The Morgan fingerprint density at radius 1 is 1.04 bits per heavy atom. The number of ether oxygens (including phenoxy) is 2. The summed E-state index contributed by atoms with van der Waals surface area (Å²) in [7, 11) is 1.65. The van der Waals surface area contributed by atoms with Gasteiger partial charge in [-0.25, -0.2) is 0 Å². The van der Waals surface area contributed by atoms with Crippen LogP contribution in [0.25, 0.3) is 0 Å². The Balaban J connectivity index is 1.53. The maximum atomic E-state index is 12.3. The van der Waals surface area contributed by atoms with Crippen molar-refractivity contribution in [1.29, 1.82) is 0 Å². The van der Waals surface area contributed by atoms with E-state index in [0.717, 1.165) is 37.6 Å². The molecule has 2 aromatic carbocycles. The van der Waals surface area contributed by atoms with Crippen LogP contribution in [0.4, 0.5) is 20.2 Å². The number of nitrogens with zero attached hydrogens (tertiary/aromatic N) is 2. The number of alkyl halides is 2. The molecule has 1 saturated heterocycles. The molecule has 1 heterocycles. The van der Waals surface area contributed by atoms with E-state index in [9.17, 15) is 8.78 Å². The third-order valence-corrected chi connectivity index (χ3v) is 4.68. The van der Waals surface area contributed by atoms with Gasteiger partial charge in [-0.3, -0.25) is 0 Å². The van der Waals surface area contributed by atoms with Crippen molar-refractivity contribution in [2.75, 3.05) is 43.5 Å². The van der Waals surface area contributed by atoms with Crippen molar-refractivity contribution >= 4 is 28.7 Å². The zero-order valence-electron chi connectivity index (χ0n) is 14.9. The molecule has 27 heavy (non-hydrogen) atoms. The lowest BCUT2D eigenvalue weighted by Crippen LogP contribution is -2.50. The SMILES string of the molecule is COc1ccc(N2CCN(C(=S)Nc3cccc(OC(F)F)c3)CC2)cc1. The minimum Gasteiger partial charge on any atom is -0.497 e. The topological polar surface area (TPSA) is 37.0 Å². The van der Waals surface area contributed by atoms with Crippen molar-refractivity contribution in [3.8, 4) is 11.5 Å². The van der Waals surface area contributed by atoms with Crippen LogP contribution in [0.5, 0.6) is 11.5 Å². The van der Waals surface area contributed by atoms with Gasteiger partial charge in [-0.15, -0.1) is 0 Å². The number of piperazine rings is 1. The van der Waals surface area contributed by atoms with E-state index < -0.39 is 6.61 Å². The maximum Gasteiger partial charge on any atom is 0.387 e. The Morgan fingerprint density at radius 2 is 1.74 bits per heavy atom. The van der Waals surface area contributed by atoms with Gasteiger partial charge in [-0.05, 0) is 48.6 Å². The first-order valence-corrected chi connectivity index (χ1v) is 8.96. The van der Waals surface area contributed by atoms with Crippen LogP contribution in [0.3, 0.4) is 0 Å². The highest BCUT2D eigenvalue weighted by atomic mass is 32.1. The van der Waals surface area contributed by atoms with E-state index in [-0.39, 0.29) is 5.75 Å². The Bertz CT molecular complexity index is 766. The number of thiocarbonyl (C=S) groups is 1. The summed E-state index contributed by atoms with van der Waals surface area (Å²) in [6.07, 6.45) is 0. The Morgan fingerprint density at radius 3 is 2.37 bits per heavy atom. The molecule has 1 N–H and O–H groups in total. The summed E-state index contributed by atoms with van der Waals surface area (Å²) in [4.78, 5) is 4.35. The van der Waals surface area contributed by atoms with Crippen LogP contribution in [0.1, 0.15) is 0 Å². The molecule has 1 aliphatic rings. The van der Waals surface area contributed by atoms with Gasteiger partial charge in [0.1, 0.15) is 11.5 Å². The molecule has 144 valence electrons. The lowest BCUT2D eigenvalue weighted by Gasteiger charge is -2.37. The number of nitrogens with one attached hydrogen (secondary N) is 1. The molecule has 0 amide bonds. The molecule has 3 rings (SSSR count). The Labute approximate surface area is 162 Å². The van der Waals surface area contributed by atoms with Crippen molar-refractivity contribution in [3.63, 3.8) is 0 Å². The van der Waals surface area contributed by atoms with Crippen LogP contribution in [-0.2, 0) is 0 Å². The summed E-state index contributed by atoms with van der Waals surface area (Å²) in [6.45, 7) is 0.361. The van der Waals surface area contributed by atoms with Crippen LogP contribution in [0, 0.1) is 0 Å². The number of benzene rings is 2. The molecule has 0 radical (unpaired) electrons. The first-order chi connectivity index (χ1) is 13.0. The van der Waals surface area contributed by atoms with E-state index >= 15 is 0 Å². The first kappa shape index (κ1) is 19.2. The van der Waals surface area contributed by atoms with Crippen LogP contribution in [0.15, 0.2) is 48.5 Å². The van der Waals surface area contributed by atoms with E-state index in [2.05, 4.69) is 19.9 Å². The number of hydrogen-bond donors (Lipinski definition) is 1. The smallest absolute Gasteiger partial charge is 0.387 e. The number of rotatable bonds is 5. The summed E-state index contributed by atoms with van der Waals surface area (Å²) in [5, 5.41) is 3.66. The van der Waals surface area contributed by atoms with Crippen molar-refractivity contribution in [2.45, 2.75) is 6.61 Å². The van der Waals surface area contributed by atoms with Gasteiger partial charge in [0.15, 0.2) is 5.11 Å². The molecule has 2 aromatic rings. The molecule has 0 spiro atoms. The molecular formula is C19H21F2N3O2S. The molecule has 0 bridgehead atoms. The van der Waals surface area contributed by atoms with Crippen molar-refractivity contribution in [2.24, 2.45) is 0 Å². The first-order valence-electron chi connectivity index (χ1n) is 8.55. The third kappa shape index (κ3) is 5.19. The van der Waals surface area contributed by atoms with Gasteiger partial charge in [-0.1, -0.05) is 6.07 Å². The molecular weight excluding hydrogens is 372 g/mol. The minimum absolute atomic E-state index is 0.0992. The van der Waals surface area contributed by atoms with Gasteiger partial charge in [0.2, 0.25) is 0 Å². The van der Waals surface area contributed by atoms with Gasteiger partial charge in [0.05, 0.1) is 7.11 Å². The van der Waals surface area contributed by atoms with E-state index in [4.69, 9.17) is 17.0 Å². The lowest BCUT2D eigenvalue weighted by atomic mass is 10.2. The fourth-order valence-electron chi connectivity index (χ4n) is 2.91. The van der Waals surface area contributed by atoms with E-state index in [1.165, 1.54) is 12.1 Å². The number of hydrogen-bond acceptors (Lipinski definition) is 4. The monoisotopic (exact) mass is 393 g/mol. The molecule has 8 heteroatoms. The van der Waals surface area contributed by atoms with Crippen molar-refractivity contribution < 1.29 is 18.3 Å². The standard InChI is InChI=1S/C19H21F2N3O2S/c1-25-16-7-5-15(6-8-16)23-9-11-24(12-10-23)19(27)22-14-3-2-4-17(13-14)26-18(20)21/h2-8,13,18H,9-12H2,1H3,(H,22,27). The summed E-state index contributed by atoms with van der Waals surface area (Å²) >= 11 is 5.47. The predicted molar refractivity (Wildman–Crippen MR) is 106 cm³/mol. The molecule has 0 atom stereocenters. The molecule has 1 fully saturated rings. The van der Waals surface area contributed by atoms with Gasteiger partial charge in [-0.2, -0.15) is 8.78 Å². The second-order valence-electron chi connectivity index (χ2n) is 6.01. The largest absolute Gasteiger partial charge is 0.497 e. The summed E-state index contributed by atoms with van der Waals surface area (Å²) in [6, 6.07) is 14.4. The summed E-state index contributed by atoms with van der Waals surface area (Å²) in [5.74, 6) is 0.933. The van der Waals surface area contributed by atoms with Crippen molar-refractivity contribution in [3.05, 3.63) is 48.5 Å². The summed E-state index contributed by atoms with van der Waals surface area (Å²) < 4.78 is 34.3. The number of anilines is 2. The average Bonchev–Trinajstić information content (AvgIpc) is 2.68. The number of methoxy groups -OCH3 is 1. The molecule has 0 unspecified atom stereocenters. The quantitative estimate of drug-likeness (QED) is 0.779. The maximum absolute atomic E-state index is 12.3. The van der Waals surface area contributed by atoms with E-state index in [0.29, 0.717) is 10.8 Å². The average molecular weight is 393 g/mol. The molecule has 1 aliphatic heterocycles. The van der Waals surface area contributed by atoms with Gasteiger partial charge in [0, 0.05) is 43.6 Å². The van der Waals surface area contributed by atoms with Gasteiger partial charge >= 0.3 is 6.61 Å². The van der Waals surface area contributed by atoms with Crippen LogP contribution in [-0.4, -0.2) is 49.9 Å².